The number of alkyl halides is 2. The van der Waals surface area contributed by atoms with E-state index in [1.54, 1.807) is 0 Å². The number of hydrogen-bond donors (Lipinski definition) is 0. The topological polar surface area (TPSA) is 25.8 Å². The summed E-state index contributed by atoms with van der Waals surface area (Å²) in [6.07, 6.45) is 0.662. The maximum absolute atomic E-state index is 7.62. The molecule has 0 amide bonds. The van der Waals surface area contributed by atoms with Crippen molar-refractivity contribution in [3.05, 3.63) is 35.2 Å². The van der Waals surface area contributed by atoms with Crippen LogP contribution in [0, 0.1) is 0 Å². The van der Waals surface area contributed by atoms with E-state index in [0.717, 1.165) is 34.4 Å². The molecule has 1 heterocycles. The second-order valence-corrected chi connectivity index (χ2v) is 4.94. The van der Waals surface area contributed by atoms with Gasteiger partial charge in [-0.1, -0.05) is 44.2 Å². The summed E-state index contributed by atoms with van der Waals surface area (Å²) in [4.78, 5) is 9.23. The maximum atomic E-state index is 7.62. The highest BCUT2D eigenvalue weighted by Gasteiger charge is 2.07. The third-order valence-corrected chi connectivity index (χ3v) is 3.64. The maximum Gasteiger partial charge on any atom is 0.101 e. The molecule has 1 aromatic carbocycles. The minimum absolute atomic E-state index is 0.0899. The van der Waals surface area contributed by atoms with Crippen LogP contribution in [-0.2, 0) is 17.1 Å². The van der Waals surface area contributed by atoms with Crippen LogP contribution in [0.25, 0.3) is 11.0 Å². The van der Waals surface area contributed by atoms with Crippen LogP contribution in [0.2, 0.25) is 6.30 Å². The monoisotopic (exact) mass is 355 g/mol. The zero-order chi connectivity index (χ0) is 13.1. The van der Waals surface area contributed by atoms with Gasteiger partial charge < -0.3 is 0 Å². The Hall–Kier alpha value is -0.415. The second kappa shape index (κ2) is 5.96. The lowest BCUT2D eigenvalue weighted by atomic mass is 9.97. The first kappa shape index (κ1) is 11.7. The van der Waals surface area contributed by atoms with E-state index in [4.69, 9.17) is 1.37 Å². The quantitative estimate of drug-likeness (QED) is 0.621. The zero-order valence-electron chi connectivity index (χ0n) is 10.6. The van der Waals surface area contributed by atoms with Crippen molar-refractivity contribution in [1.29, 1.82) is 0 Å². The molecule has 0 saturated carbocycles. The average molecular weight is 357 g/mol. The lowest BCUT2D eigenvalue weighted by molar-refractivity contribution is 1.07. The molecule has 0 fully saturated rings. The Morgan fingerprint density at radius 2 is 1.76 bits per heavy atom. The minimum atomic E-state index is -0.0899. The zero-order valence-corrected chi connectivity index (χ0v) is 12.8. The molecule has 0 N–H and O–H groups in total. The van der Waals surface area contributed by atoms with Gasteiger partial charge in [0.2, 0.25) is 0 Å². The number of aromatic nitrogens is 2. The summed E-state index contributed by atoms with van der Waals surface area (Å²) in [5, 5.41) is 1.42. The normalized spacial score (nSPS) is 13.6. The van der Waals surface area contributed by atoms with Crippen molar-refractivity contribution < 1.29 is 1.37 Å². The summed E-state index contributed by atoms with van der Waals surface area (Å²) < 4.78 is 7.62. The van der Waals surface area contributed by atoms with Crippen molar-refractivity contribution in [2.45, 2.75) is 23.4 Å². The van der Waals surface area contributed by atoms with Crippen molar-refractivity contribution in [2.24, 2.45) is 0 Å². The van der Waals surface area contributed by atoms with Crippen LogP contribution in [0.5, 0.6) is 0 Å². The first-order valence-corrected chi connectivity index (χ1v) is 7.71. The van der Waals surface area contributed by atoms with Crippen molar-refractivity contribution in [2.75, 3.05) is 0 Å². The van der Waals surface area contributed by atoms with E-state index in [1.165, 1.54) is 0 Å². The molecule has 2 rings (SSSR count). The standard InChI is InChI=1S/C12H13BBr2N2/c13-4-3-8-1-2-9-10(5-8)17-12(7-15)11(6-14)16-9/h1-2,5H,3-4,6-7,13H2/i4D/t4-/m1/s1. The van der Waals surface area contributed by atoms with Crippen LogP contribution >= 0.6 is 31.9 Å². The molecule has 17 heavy (non-hydrogen) atoms. The fraction of sp³-hybridized carbons (Fsp3) is 0.333. The molecule has 2 aromatic rings. The first-order chi connectivity index (χ1) is 8.63. The van der Waals surface area contributed by atoms with E-state index in [9.17, 15) is 0 Å². The summed E-state index contributed by atoms with van der Waals surface area (Å²) in [5.74, 6) is 0. The van der Waals surface area contributed by atoms with Crippen LogP contribution in [0.15, 0.2) is 18.2 Å². The fourth-order valence-electron chi connectivity index (χ4n) is 1.75. The van der Waals surface area contributed by atoms with Gasteiger partial charge in [0.15, 0.2) is 0 Å². The number of hydrogen-bond acceptors (Lipinski definition) is 2. The van der Waals surface area contributed by atoms with Gasteiger partial charge in [-0.3, -0.25) is 0 Å². The number of halogens is 2. The smallest absolute Gasteiger partial charge is 0.101 e. The van der Waals surface area contributed by atoms with Crippen LogP contribution in [0.1, 0.15) is 18.3 Å². The Kier molecular flexibility index (Phi) is 4.09. The summed E-state index contributed by atoms with van der Waals surface area (Å²) in [5.41, 5.74) is 4.91. The summed E-state index contributed by atoms with van der Waals surface area (Å²) in [6, 6.07) is 6.07. The Labute approximate surface area is 120 Å². The minimum Gasteiger partial charge on any atom is -0.248 e. The molecule has 1 atom stereocenters. The summed E-state index contributed by atoms with van der Waals surface area (Å²) in [6.45, 7) is 0. The Morgan fingerprint density at radius 3 is 2.35 bits per heavy atom. The van der Waals surface area contributed by atoms with Gasteiger partial charge in [0.25, 0.3) is 0 Å². The van der Waals surface area contributed by atoms with Crippen molar-refractivity contribution >= 4 is 50.7 Å². The predicted octanol–water partition coefficient (Wildman–Crippen LogP) is 3.01. The van der Waals surface area contributed by atoms with Crippen molar-refractivity contribution in [3.63, 3.8) is 0 Å². The Morgan fingerprint density at radius 1 is 1.12 bits per heavy atom. The summed E-state index contributed by atoms with van der Waals surface area (Å²) >= 11 is 6.87. The molecule has 0 spiro atoms. The molecule has 0 aliphatic heterocycles. The fourth-order valence-corrected chi connectivity index (χ4v) is 2.65. The molecule has 2 nitrogen and oxygen atoms in total. The highest BCUT2D eigenvalue weighted by atomic mass is 79.9. The van der Waals surface area contributed by atoms with Gasteiger partial charge in [-0.05, 0) is 24.1 Å². The molecular weight excluding hydrogens is 343 g/mol. The lowest BCUT2D eigenvalue weighted by Crippen LogP contribution is -1.99. The average Bonchev–Trinajstić information content (AvgIpc) is 2.36. The van der Waals surface area contributed by atoms with E-state index < -0.39 is 0 Å². The van der Waals surface area contributed by atoms with E-state index in [1.807, 2.05) is 26.0 Å². The van der Waals surface area contributed by atoms with Crippen LogP contribution in [0.4, 0.5) is 0 Å². The van der Waals surface area contributed by atoms with Gasteiger partial charge in [-0.2, -0.15) is 0 Å². The number of benzene rings is 1. The molecule has 1 aromatic heterocycles. The molecule has 0 saturated heterocycles. The van der Waals surface area contributed by atoms with Crippen LogP contribution in [-0.4, -0.2) is 17.8 Å². The van der Waals surface area contributed by atoms with E-state index in [2.05, 4.69) is 41.8 Å². The van der Waals surface area contributed by atoms with Gasteiger partial charge in [-0.25, -0.2) is 9.97 Å². The SMILES string of the molecule is [2H][C@@H](B)Cc1ccc2nc(CBr)c(CBr)nc2c1. The van der Waals surface area contributed by atoms with Crippen molar-refractivity contribution in [1.82, 2.24) is 9.97 Å². The summed E-state index contributed by atoms with van der Waals surface area (Å²) in [7, 11) is 1.90. The molecule has 0 aliphatic rings. The van der Waals surface area contributed by atoms with Gasteiger partial charge in [0, 0.05) is 12.0 Å². The Balaban J connectivity index is 2.49. The van der Waals surface area contributed by atoms with E-state index >= 15 is 0 Å². The Bertz CT molecular complexity index is 563. The highest BCUT2D eigenvalue weighted by molar-refractivity contribution is 9.09. The first-order valence-electron chi connectivity index (χ1n) is 6.04. The van der Waals surface area contributed by atoms with Gasteiger partial charge in [-0.15, -0.1) is 0 Å². The molecule has 0 bridgehead atoms. The molecule has 0 radical (unpaired) electrons. The van der Waals surface area contributed by atoms with Crippen LogP contribution in [0.3, 0.4) is 0 Å². The van der Waals surface area contributed by atoms with E-state index in [-0.39, 0.29) is 6.30 Å². The van der Waals surface area contributed by atoms with E-state index in [0.29, 0.717) is 10.7 Å². The van der Waals surface area contributed by atoms with Crippen LogP contribution < -0.4 is 0 Å². The molecule has 5 heteroatoms. The second-order valence-electron chi connectivity index (χ2n) is 3.82. The van der Waals surface area contributed by atoms with Gasteiger partial charge in [0.05, 0.1) is 22.4 Å². The molecule has 0 unspecified atom stereocenters. The highest BCUT2D eigenvalue weighted by Crippen LogP contribution is 2.19. The number of aryl methyl sites for hydroxylation is 1. The largest absolute Gasteiger partial charge is 0.248 e. The lowest BCUT2D eigenvalue weighted by Gasteiger charge is -2.06. The molecular formula is C12H13BBr2N2. The van der Waals surface area contributed by atoms with Gasteiger partial charge in [0.1, 0.15) is 7.85 Å². The third-order valence-electron chi connectivity index (χ3n) is 2.58. The molecule has 0 aliphatic carbocycles. The number of rotatable bonds is 4. The number of nitrogens with zero attached hydrogens (tertiary/aromatic N) is 2. The molecule has 88 valence electrons. The van der Waals surface area contributed by atoms with Crippen molar-refractivity contribution in [3.8, 4) is 0 Å². The number of fused-ring (bicyclic) bond motifs is 1. The predicted molar refractivity (Wildman–Crippen MR) is 81.9 cm³/mol. The third kappa shape index (κ3) is 2.88. The van der Waals surface area contributed by atoms with Gasteiger partial charge >= 0.3 is 0 Å².